The van der Waals surface area contributed by atoms with Gasteiger partial charge in [0.15, 0.2) is 0 Å². The molecule has 3 nitrogen and oxygen atoms in total. The van der Waals surface area contributed by atoms with E-state index in [4.69, 9.17) is 0 Å². The number of nitrogens with one attached hydrogen (secondary N) is 1. The first-order valence-electron chi connectivity index (χ1n) is 7.64. The Morgan fingerprint density at radius 3 is 2.86 bits per heavy atom. The highest BCUT2D eigenvalue weighted by atomic mass is 32.2. The molecular formula is C16H19FN2OS. The van der Waals surface area contributed by atoms with E-state index < -0.39 is 5.54 Å². The molecule has 0 radical (unpaired) electrons. The van der Waals surface area contributed by atoms with E-state index >= 15 is 0 Å². The Labute approximate surface area is 128 Å². The number of carbonyl (C=O) groups excluding carboxylic acids is 1. The van der Waals surface area contributed by atoms with Gasteiger partial charge in [0.05, 0.1) is 0 Å². The van der Waals surface area contributed by atoms with Gasteiger partial charge in [-0.2, -0.15) is 11.8 Å². The molecule has 1 aromatic rings. The van der Waals surface area contributed by atoms with Gasteiger partial charge >= 0.3 is 0 Å². The first-order chi connectivity index (χ1) is 10.2. The highest BCUT2D eigenvalue weighted by Crippen LogP contribution is 2.47. The van der Waals surface area contributed by atoms with Gasteiger partial charge in [0.1, 0.15) is 17.5 Å². The number of halogens is 1. The van der Waals surface area contributed by atoms with Crippen LogP contribution in [0, 0.1) is 5.82 Å². The minimum atomic E-state index is -0.393. The molecule has 5 heteroatoms. The number of nitrogens with zero attached hydrogens (tertiary/aromatic N) is 1. The van der Waals surface area contributed by atoms with Crippen LogP contribution in [-0.2, 0) is 4.79 Å². The summed E-state index contributed by atoms with van der Waals surface area (Å²) in [6.07, 6.45) is 3.84. The third-order valence-corrected chi connectivity index (χ3v) is 6.15. The fourth-order valence-corrected chi connectivity index (χ4v) is 4.68. The molecule has 1 spiro atoms. The van der Waals surface area contributed by atoms with Gasteiger partial charge in [0.25, 0.3) is 0 Å². The number of carbonyl (C=O) groups is 1. The van der Waals surface area contributed by atoms with Crippen molar-refractivity contribution in [1.29, 1.82) is 0 Å². The zero-order chi connectivity index (χ0) is 14.4. The lowest BCUT2D eigenvalue weighted by Crippen LogP contribution is -2.36. The van der Waals surface area contributed by atoms with Gasteiger partial charge in [-0.3, -0.25) is 10.1 Å². The number of thioether (sulfide) groups is 1. The van der Waals surface area contributed by atoms with Crippen molar-refractivity contribution in [1.82, 2.24) is 10.2 Å². The average molecular weight is 306 g/mol. The predicted molar refractivity (Wildman–Crippen MR) is 81.4 cm³/mol. The molecular weight excluding hydrogens is 287 g/mol. The SMILES string of the molecule is O=C1N(CC2CCCS2)C(c2ccccc2F)NC12CC2. The molecule has 2 saturated heterocycles. The van der Waals surface area contributed by atoms with Gasteiger partial charge in [0, 0.05) is 17.4 Å². The smallest absolute Gasteiger partial charge is 0.244 e. The van der Waals surface area contributed by atoms with Crippen molar-refractivity contribution < 1.29 is 9.18 Å². The van der Waals surface area contributed by atoms with Gasteiger partial charge in [-0.15, -0.1) is 0 Å². The third kappa shape index (κ3) is 2.27. The number of amides is 1. The first-order valence-corrected chi connectivity index (χ1v) is 8.69. The molecule has 0 bridgehead atoms. The lowest BCUT2D eigenvalue weighted by molar-refractivity contribution is -0.130. The molecule has 1 amide bonds. The fourth-order valence-electron chi connectivity index (χ4n) is 3.42. The largest absolute Gasteiger partial charge is 0.320 e. The molecule has 21 heavy (non-hydrogen) atoms. The van der Waals surface area contributed by atoms with Crippen molar-refractivity contribution in [3.05, 3.63) is 35.6 Å². The molecule has 2 aliphatic heterocycles. The van der Waals surface area contributed by atoms with E-state index in [0.29, 0.717) is 10.8 Å². The second-order valence-electron chi connectivity index (χ2n) is 6.24. The fraction of sp³-hybridized carbons (Fsp3) is 0.562. The van der Waals surface area contributed by atoms with Crippen molar-refractivity contribution in [3.8, 4) is 0 Å². The highest BCUT2D eigenvalue weighted by Gasteiger charge is 2.59. The van der Waals surface area contributed by atoms with Crippen LogP contribution in [0.4, 0.5) is 4.39 Å². The van der Waals surface area contributed by atoms with Crippen molar-refractivity contribution in [3.63, 3.8) is 0 Å². The minimum Gasteiger partial charge on any atom is -0.320 e. The number of hydrogen-bond acceptors (Lipinski definition) is 3. The van der Waals surface area contributed by atoms with Crippen LogP contribution >= 0.6 is 11.8 Å². The lowest BCUT2D eigenvalue weighted by atomic mass is 10.1. The van der Waals surface area contributed by atoms with Crippen LogP contribution in [0.3, 0.4) is 0 Å². The number of hydrogen-bond donors (Lipinski definition) is 1. The summed E-state index contributed by atoms with van der Waals surface area (Å²) in [6, 6.07) is 6.79. The van der Waals surface area contributed by atoms with Gasteiger partial charge in [0.2, 0.25) is 5.91 Å². The highest BCUT2D eigenvalue weighted by molar-refractivity contribution is 8.00. The quantitative estimate of drug-likeness (QED) is 0.932. The molecule has 2 unspecified atom stereocenters. The topological polar surface area (TPSA) is 32.3 Å². The molecule has 2 atom stereocenters. The van der Waals surface area contributed by atoms with Gasteiger partial charge in [-0.25, -0.2) is 4.39 Å². The summed E-state index contributed by atoms with van der Waals surface area (Å²) < 4.78 is 14.1. The Morgan fingerprint density at radius 2 is 2.19 bits per heavy atom. The van der Waals surface area contributed by atoms with Crippen molar-refractivity contribution >= 4 is 17.7 Å². The molecule has 1 saturated carbocycles. The summed E-state index contributed by atoms with van der Waals surface area (Å²) in [5.41, 5.74) is 0.202. The maximum Gasteiger partial charge on any atom is 0.244 e. The third-order valence-electron chi connectivity index (χ3n) is 4.77. The van der Waals surface area contributed by atoms with Crippen molar-refractivity contribution in [2.24, 2.45) is 0 Å². The summed E-state index contributed by atoms with van der Waals surface area (Å²) in [5.74, 6) is 1.11. The lowest BCUT2D eigenvalue weighted by Gasteiger charge is -2.27. The molecule has 2 heterocycles. The molecule has 0 aromatic heterocycles. The van der Waals surface area contributed by atoms with E-state index in [1.807, 2.05) is 22.7 Å². The predicted octanol–water partition coefficient (Wildman–Crippen LogP) is 2.68. The van der Waals surface area contributed by atoms with Crippen LogP contribution in [0.15, 0.2) is 24.3 Å². The molecule has 1 aliphatic carbocycles. The Bertz CT molecular complexity index is 569. The molecule has 3 aliphatic rings. The van der Waals surface area contributed by atoms with Crippen LogP contribution in [0.2, 0.25) is 0 Å². The Hall–Kier alpha value is -1.07. The molecule has 1 N–H and O–H groups in total. The van der Waals surface area contributed by atoms with Crippen LogP contribution in [-0.4, -0.2) is 33.9 Å². The number of benzene rings is 1. The van der Waals surface area contributed by atoms with E-state index in [0.717, 1.165) is 25.8 Å². The summed E-state index contributed by atoms with van der Waals surface area (Å²) in [7, 11) is 0. The molecule has 4 rings (SSSR count). The van der Waals surface area contributed by atoms with Gasteiger partial charge in [-0.1, -0.05) is 18.2 Å². The standard InChI is InChI=1S/C16H19FN2OS/c17-13-6-2-1-5-12(13)14-18-16(7-8-16)15(20)19(14)10-11-4-3-9-21-11/h1-2,5-6,11,14,18H,3-4,7-10H2. The van der Waals surface area contributed by atoms with E-state index in [1.54, 1.807) is 12.1 Å². The normalized spacial score (nSPS) is 30.3. The Morgan fingerprint density at radius 1 is 1.38 bits per heavy atom. The zero-order valence-corrected chi connectivity index (χ0v) is 12.7. The van der Waals surface area contributed by atoms with Crippen molar-refractivity contribution in [2.75, 3.05) is 12.3 Å². The summed E-state index contributed by atoms with van der Waals surface area (Å²) >= 11 is 1.94. The molecule has 3 fully saturated rings. The van der Waals surface area contributed by atoms with E-state index in [-0.39, 0.29) is 17.9 Å². The van der Waals surface area contributed by atoms with Crippen molar-refractivity contribution in [2.45, 2.75) is 42.6 Å². The molecule has 1 aromatic carbocycles. The second-order valence-corrected chi connectivity index (χ2v) is 7.65. The maximum absolute atomic E-state index is 14.1. The summed E-state index contributed by atoms with van der Waals surface area (Å²) in [6.45, 7) is 0.733. The van der Waals surface area contributed by atoms with Gasteiger partial charge < -0.3 is 4.90 Å². The maximum atomic E-state index is 14.1. The van der Waals surface area contributed by atoms with Crippen LogP contribution in [0.25, 0.3) is 0 Å². The summed E-state index contributed by atoms with van der Waals surface area (Å²) in [4.78, 5) is 14.6. The van der Waals surface area contributed by atoms with Crippen LogP contribution < -0.4 is 5.32 Å². The minimum absolute atomic E-state index is 0.170. The van der Waals surface area contributed by atoms with E-state index in [2.05, 4.69) is 5.32 Å². The van der Waals surface area contributed by atoms with Gasteiger partial charge in [-0.05, 0) is 37.5 Å². The van der Waals surface area contributed by atoms with Crippen LogP contribution in [0.5, 0.6) is 0 Å². The average Bonchev–Trinajstić information content (AvgIpc) is 2.99. The first kappa shape index (κ1) is 13.6. The van der Waals surface area contributed by atoms with E-state index in [9.17, 15) is 9.18 Å². The Balaban J connectivity index is 1.63. The molecule has 112 valence electrons. The monoisotopic (exact) mass is 306 g/mol. The van der Waals surface area contributed by atoms with E-state index in [1.165, 1.54) is 18.2 Å². The second kappa shape index (κ2) is 4.99. The number of rotatable bonds is 3. The zero-order valence-electron chi connectivity index (χ0n) is 11.8. The summed E-state index contributed by atoms with van der Waals surface area (Å²) in [5, 5.41) is 3.90. The Kier molecular flexibility index (Phi) is 3.23. The van der Waals surface area contributed by atoms with Crippen LogP contribution in [0.1, 0.15) is 37.4 Å².